The van der Waals surface area contributed by atoms with Gasteiger partial charge >= 0.3 is 0 Å². The van der Waals surface area contributed by atoms with Crippen LogP contribution < -0.4 is 5.32 Å². The first-order valence-electron chi connectivity index (χ1n) is 5.01. The van der Waals surface area contributed by atoms with Crippen molar-refractivity contribution in [2.45, 2.75) is 26.3 Å². The van der Waals surface area contributed by atoms with Crippen molar-refractivity contribution < 1.29 is 0 Å². The standard InChI is InChI=1S/C13H17N/c1-4-7-13(14-5-2)12-9-6-8-11(3)10-12/h1,6,8-10,13-14H,5,7H2,2-3H3. The Bertz CT molecular complexity index is 322. The molecule has 1 nitrogen and oxygen atoms in total. The summed E-state index contributed by atoms with van der Waals surface area (Å²) >= 11 is 0. The number of hydrogen-bond donors (Lipinski definition) is 1. The van der Waals surface area contributed by atoms with E-state index in [9.17, 15) is 0 Å². The van der Waals surface area contributed by atoms with Crippen LogP contribution in [0, 0.1) is 19.3 Å². The smallest absolute Gasteiger partial charge is 0.0430 e. The molecule has 1 unspecified atom stereocenters. The maximum Gasteiger partial charge on any atom is 0.0430 e. The highest BCUT2D eigenvalue weighted by Crippen LogP contribution is 2.17. The van der Waals surface area contributed by atoms with Crippen molar-refractivity contribution in [3.63, 3.8) is 0 Å². The molecule has 0 amide bonds. The maximum atomic E-state index is 5.35. The van der Waals surface area contributed by atoms with Gasteiger partial charge in [-0.25, -0.2) is 0 Å². The SMILES string of the molecule is C#CCC(NCC)c1cccc(C)c1. The summed E-state index contributed by atoms with van der Waals surface area (Å²) in [6.07, 6.45) is 6.09. The Kier molecular flexibility index (Phi) is 4.22. The van der Waals surface area contributed by atoms with Crippen LogP contribution in [-0.4, -0.2) is 6.54 Å². The average Bonchev–Trinajstić information content (AvgIpc) is 2.17. The van der Waals surface area contributed by atoms with E-state index in [1.165, 1.54) is 11.1 Å². The molecule has 1 heteroatoms. The summed E-state index contributed by atoms with van der Waals surface area (Å²) in [6.45, 7) is 5.14. The summed E-state index contributed by atoms with van der Waals surface area (Å²) in [4.78, 5) is 0. The minimum absolute atomic E-state index is 0.296. The molecule has 0 aliphatic heterocycles. The molecule has 74 valence electrons. The molecule has 0 aromatic heterocycles. The van der Waals surface area contributed by atoms with E-state index in [4.69, 9.17) is 6.42 Å². The first kappa shape index (κ1) is 10.8. The van der Waals surface area contributed by atoms with Crippen molar-refractivity contribution in [1.29, 1.82) is 0 Å². The third kappa shape index (κ3) is 2.90. The molecule has 1 atom stereocenters. The van der Waals surface area contributed by atoms with E-state index in [2.05, 4.69) is 49.4 Å². The zero-order valence-corrected chi connectivity index (χ0v) is 8.88. The van der Waals surface area contributed by atoms with Crippen molar-refractivity contribution in [3.05, 3.63) is 35.4 Å². The first-order chi connectivity index (χ1) is 6.77. The number of aryl methyl sites for hydroxylation is 1. The van der Waals surface area contributed by atoms with Crippen LogP contribution in [0.2, 0.25) is 0 Å². The number of nitrogens with one attached hydrogen (secondary N) is 1. The van der Waals surface area contributed by atoms with Gasteiger partial charge in [-0.3, -0.25) is 0 Å². The molecule has 0 aliphatic rings. The van der Waals surface area contributed by atoms with Crippen molar-refractivity contribution in [2.24, 2.45) is 0 Å². The van der Waals surface area contributed by atoms with E-state index in [0.29, 0.717) is 6.04 Å². The van der Waals surface area contributed by atoms with E-state index in [1.54, 1.807) is 0 Å². The Morgan fingerprint density at radius 1 is 1.50 bits per heavy atom. The molecular formula is C13H17N. The quantitative estimate of drug-likeness (QED) is 0.715. The second-order valence-corrected chi connectivity index (χ2v) is 3.43. The number of rotatable bonds is 4. The zero-order chi connectivity index (χ0) is 10.4. The molecule has 0 aliphatic carbocycles. The van der Waals surface area contributed by atoms with Gasteiger partial charge in [0.1, 0.15) is 0 Å². The Morgan fingerprint density at radius 2 is 2.29 bits per heavy atom. The molecule has 0 heterocycles. The van der Waals surface area contributed by atoms with Crippen LogP contribution in [0.25, 0.3) is 0 Å². The fourth-order valence-electron chi connectivity index (χ4n) is 1.56. The van der Waals surface area contributed by atoms with Gasteiger partial charge in [0.25, 0.3) is 0 Å². The first-order valence-corrected chi connectivity index (χ1v) is 5.01. The molecule has 0 bridgehead atoms. The lowest BCUT2D eigenvalue weighted by atomic mass is 10.0. The molecule has 1 aromatic carbocycles. The summed E-state index contributed by atoms with van der Waals surface area (Å²) < 4.78 is 0. The summed E-state index contributed by atoms with van der Waals surface area (Å²) in [5, 5.41) is 3.38. The second-order valence-electron chi connectivity index (χ2n) is 3.43. The van der Waals surface area contributed by atoms with Crippen molar-refractivity contribution in [3.8, 4) is 12.3 Å². The zero-order valence-electron chi connectivity index (χ0n) is 8.88. The third-order valence-corrected chi connectivity index (χ3v) is 2.22. The Labute approximate surface area is 86.5 Å². The number of hydrogen-bond acceptors (Lipinski definition) is 1. The number of benzene rings is 1. The van der Waals surface area contributed by atoms with Gasteiger partial charge in [-0.2, -0.15) is 0 Å². The van der Waals surface area contributed by atoms with Gasteiger partial charge in [-0.05, 0) is 19.0 Å². The normalized spacial score (nSPS) is 12.1. The van der Waals surface area contributed by atoms with Crippen LogP contribution in [-0.2, 0) is 0 Å². The molecule has 0 saturated heterocycles. The van der Waals surface area contributed by atoms with E-state index >= 15 is 0 Å². The summed E-state index contributed by atoms with van der Waals surface area (Å²) in [5.74, 6) is 2.71. The van der Waals surface area contributed by atoms with Gasteiger partial charge in [0.15, 0.2) is 0 Å². The lowest BCUT2D eigenvalue weighted by Crippen LogP contribution is -2.20. The summed E-state index contributed by atoms with van der Waals surface area (Å²) in [5.41, 5.74) is 2.56. The molecule has 0 radical (unpaired) electrons. The predicted octanol–water partition coefficient (Wildman–Crippen LogP) is 2.67. The second kappa shape index (κ2) is 5.47. The fourth-order valence-corrected chi connectivity index (χ4v) is 1.56. The largest absolute Gasteiger partial charge is 0.309 e. The van der Waals surface area contributed by atoms with Crippen LogP contribution in [0.15, 0.2) is 24.3 Å². The highest BCUT2D eigenvalue weighted by Gasteiger charge is 2.07. The molecular weight excluding hydrogens is 170 g/mol. The molecule has 1 aromatic rings. The molecule has 0 saturated carbocycles. The maximum absolute atomic E-state index is 5.35. The van der Waals surface area contributed by atoms with Gasteiger partial charge in [-0.1, -0.05) is 36.8 Å². The molecule has 1 rings (SSSR count). The lowest BCUT2D eigenvalue weighted by Gasteiger charge is -2.15. The highest BCUT2D eigenvalue weighted by molar-refractivity contribution is 5.25. The fraction of sp³-hybridized carbons (Fsp3) is 0.385. The Hall–Kier alpha value is -1.26. The highest BCUT2D eigenvalue weighted by atomic mass is 14.9. The van der Waals surface area contributed by atoms with Crippen molar-refractivity contribution in [2.75, 3.05) is 6.54 Å². The van der Waals surface area contributed by atoms with Crippen LogP contribution in [0.3, 0.4) is 0 Å². The Balaban J connectivity index is 2.82. The van der Waals surface area contributed by atoms with E-state index in [1.807, 2.05) is 0 Å². The van der Waals surface area contributed by atoms with Crippen LogP contribution in [0.5, 0.6) is 0 Å². The predicted molar refractivity (Wildman–Crippen MR) is 61.0 cm³/mol. The molecule has 0 spiro atoms. The van der Waals surface area contributed by atoms with Crippen molar-refractivity contribution in [1.82, 2.24) is 5.32 Å². The third-order valence-electron chi connectivity index (χ3n) is 2.22. The average molecular weight is 187 g/mol. The van der Waals surface area contributed by atoms with E-state index < -0.39 is 0 Å². The Morgan fingerprint density at radius 3 is 2.86 bits per heavy atom. The minimum Gasteiger partial charge on any atom is -0.309 e. The molecule has 0 fully saturated rings. The van der Waals surface area contributed by atoms with Crippen LogP contribution in [0.1, 0.15) is 30.5 Å². The molecule has 1 N–H and O–H groups in total. The van der Waals surface area contributed by atoms with Crippen LogP contribution >= 0.6 is 0 Å². The lowest BCUT2D eigenvalue weighted by molar-refractivity contribution is 0.565. The topological polar surface area (TPSA) is 12.0 Å². The van der Waals surface area contributed by atoms with Crippen molar-refractivity contribution >= 4 is 0 Å². The summed E-state index contributed by atoms with van der Waals surface area (Å²) in [6, 6.07) is 8.78. The minimum atomic E-state index is 0.296. The van der Waals surface area contributed by atoms with Gasteiger partial charge < -0.3 is 5.32 Å². The van der Waals surface area contributed by atoms with E-state index in [-0.39, 0.29) is 0 Å². The van der Waals surface area contributed by atoms with Gasteiger partial charge in [0.2, 0.25) is 0 Å². The van der Waals surface area contributed by atoms with Crippen LogP contribution in [0.4, 0.5) is 0 Å². The molecule has 14 heavy (non-hydrogen) atoms. The van der Waals surface area contributed by atoms with Gasteiger partial charge in [0.05, 0.1) is 0 Å². The number of terminal acetylenes is 1. The van der Waals surface area contributed by atoms with Gasteiger partial charge in [0, 0.05) is 12.5 Å². The van der Waals surface area contributed by atoms with Gasteiger partial charge in [-0.15, -0.1) is 12.3 Å². The summed E-state index contributed by atoms with van der Waals surface area (Å²) in [7, 11) is 0. The van der Waals surface area contributed by atoms with E-state index in [0.717, 1.165) is 13.0 Å². The monoisotopic (exact) mass is 187 g/mol.